The second-order valence-electron chi connectivity index (χ2n) is 9.44. The van der Waals surface area contributed by atoms with Crippen LogP contribution in [0.1, 0.15) is 34.1 Å². The SMILES string of the molecule is C=CC1(C)C=CC(S(=O)(=O)N2CCNC(CO[Si](C)(C)C(C)(C)C)C2)=CC1. The normalized spacial score (nSPS) is 28.1. The minimum absolute atomic E-state index is 0.0225. The number of nitrogens with zero attached hydrogens (tertiary/aromatic N) is 1. The summed E-state index contributed by atoms with van der Waals surface area (Å²) in [5, 5.41) is 3.55. The Labute approximate surface area is 166 Å². The summed E-state index contributed by atoms with van der Waals surface area (Å²) in [5.74, 6) is 0. The molecule has 1 fully saturated rings. The highest BCUT2D eigenvalue weighted by Gasteiger charge is 2.39. The van der Waals surface area contributed by atoms with Crippen LogP contribution < -0.4 is 5.32 Å². The molecule has 0 aromatic heterocycles. The number of piperazine rings is 1. The van der Waals surface area contributed by atoms with Crippen molar-refractivity contribution in [1.29, 1.82) is 0 Å². The van der Waals surface area contributed by atoms with Crippen molar-refractivity contribution in [1.82, 2.24) is 9.62 Å². The monoisotopic (exact) mass is 412 g/mol. The topological polar surface area (TPSA) is 58.6 Å². The molecule has 1 saturated heterocycles. The molecule has 0 radical (unpaired) electrons. The Balaban J connectivity index is 2.03. The molecular formula is C20H36N2O3SSi. The van der Waals surface area contributed by atoms with Crippen molar-refractivity contribution in [2.75, 3.05) is 26.2 Å². The molecule has 1 heterocycles. The first-order chi connectivity index (χ1) is 12.3. The molecule has 7 heteroatoms. The van der Waals surface area contributed by atoms with E-state index in [1.807, 2.05) is 18.2 Å². The van der Waals surface area contributed by atoms with Gasteiger partial charge in [0.2, 0.25) is 10.0 Å². The van der Waals surface area contributed by atoms with Gasteiger partial charge in [0, 0.05) is 31.1 Å². The Bertz CT molecular complexity index is 722. The van der Waals surface area contributed by atoms with Crippen molar-refractivity contribution < 1.29 is 12.8 Å². The van der Waals surface area contributed by atoms with E-state index >= 15 is 0 Å². The average Bonchev–Trinajstić information content (AvgIpc) is 2.60. The second kappa shape index (κ2) is 7.95. The van der Waals surface area contributed by atoms with Gasteiger partial charge >= 0.3 is 0 Å². The number of sulfonamides is 1. The summed E-state index contributed by atoms with van der Waals surface area (Å²) in [6.07, 6.45) is 8.00. The summed E-state index contributed by atoms with van der Waals surface area (Å²) in [5.41, 5.74) is -0.165. The average molecular weight is 413 g/mol. The van der Waals surface area contributed by atoms with Crippen LogP contribution in [0.4, 0.5) is 0 Å². The third kappa shape index (κ3) is 5.20. The molecule has 5 nitrogen and oxygen atoms in total. The Morgan fingerprint density at radius 1 is 1.44 bits per heavy atom. The van der Waals surface area contributed by atoms with E-state index in [-0.39, 0.29) is 16.5 Å². The summed E-state index contributed by atoms with van der Waals surface area (Å²) in [6, 6.07) is 0.0225. The molecule has 1 aliphatic carbocycles. The minimum atomic E-state index is -3.47. The number of rotatable bonds is 6. The molecule has 27 heavy (non-hydrogen) atoms. The number of nitrogens with one attached hydrogen (secondary N) is 1. The maximum atomic E-state index is 13.1. The van der Waals surface area contributed by atoms with Gasteiger partial charge in [-0.1, -0.05) is 45.9 Å². The first kappa shape index (κ1) is 22.6. The van der Waals surface area contributed by atoms with Crippen molar-refractivity contribution in [3.63, 3.8) is 0 Å². The molecular weight excluding hydrogens is 376 g/mol. The van der Waals surface area contributed by atoms with Crippen LogP contribution in [-0.2, 0) is 14.4 Å². The molecule has 154 valence electrons. The van der Waals surface area contributed by atoms with Crippen LogP contribution in [0, 0.1) is 5.41 Å². The predicted molar refractivity (Wildman–Crippen MR) is 116 cm³/mol. The fraction of sp³-hybridized carbons (Fsp3) is 0.700. The highest BCUT2D eigenvalue weighted by Crippen LogP contribution is 2.37. The Kier molecular flexibility index (Phi) is 6.64. The second-order valence-corrected chi connectivity index (χ2v) is 16.2. The molecule has 0 aromatic carbocycles. The summed E-state index contributed by atoms with van der Waals surface area (Å²) in [4.78, 5) is 0.396. The largest absolute Gasteiger partial charge is 0.415 e. The van der Waals surface area contributed by atoms with Crippen LogP contribution in [0.25, 0.3) is 0 Å². The standard InChI is InChI=1S/C20H36N2O3SSi/c1-8-20(5)11-9-18(10-12-20)26(23,24)22-14-13-21-17(15-22)16-25-27(6,7)19(2,3)4/h8-11,17,21H,1,12-16H2,2-7H3. The zero-order valence-corrected chi connectivity index (χ0v) is 19.5. The molecule has 2 rings (SSSR count). The zero-order valence-electron chi connectivity index (χ0n) is 17.7. The van der Waals surface area contributed by atoms with Gasteiger partial charge in [-0.25, -0.2) is 8.42 Å². The lowest BCUT2D eigenvalue weighted by atomic mass is 9.84. The summed E-state index contributed by atoms with van der Waals surface area (Å²) in [6.45, 7) is 19.1. The number of allylic oxidation sites excluding steroid dienone is 4. The molecule has 0 amide bonds. The van der Waals surface area contributed by atoms with Gasteiger partial charge in [-0.2, -0.15) is 4.31 Å². The number of hydrogen-bond donors (Lipinski definition) is 1. The maximum absolute atomic E-state index is 13.1. The van der Waals surface area contributed by atoms with Crippen molar-refractivity contribution in [3.8, 4) is 0 Å². The van der Waals surface area contributed by atoms with E-state index in [9.17, 15) is 8.42 Å². The predicted octanol–water partition coefficient (Wildman–Crippen LogP) is 3.65. The van der Waals surface area contributed by atoms with Crippen molar-refractivity contribution in [2.45, 2.75) is 58.3 Å². The molecule has 0 spiro atoms. The fourth-order valence-corrected chi connectivity index (χ4v) is 5.46. The van der Waals surface area contributed by atoms with Crippen LogP contribution in [0.5, 0.6) is 0 Å². The first-order valence-corrected chi connectivity index (χ1v) is 14.1. The van der Waals surface area contributed by atoms with E-state index < -0.39 is 18.3 Å². The van der Waals surface area contributed by atoms with Gasteiger partial charge in [0.15, 0.2) is 8.32 Å². The molecule has 1 N–H and O–H groups in total. The van der Waals surface area contributed by atoms with Gasteiger partial charge in [0.05, 0.1) is 11.5 Å². The summed E-state index contributed by atoms with van der Waals surface area (Å²) in [7, 11) is -5.32. The molecule has 2 aliphatic rings. The molecule has 0 aromatic rings. The zero-order chi connectivity index (χ0) is 20.5. The maximum Gasteiger partial charge on any atom is 0.242 e. The van der Waals surface area contributed by atoms with E-state index in [2.05, 4.69) is 52.7 Å². The van der Waals surface area contributed by atoms with Crippen LogP contribution in [0.3, 0.4) is 0 Å². The Hall–Kier alpha value is -0.733. The van der Waals surface area contributed by atoms with Gasteiger partial charge in [-0.3, -0.25) is 0 Å². The fourth-order valence-electron chi connectivity index (χ4n) is 2.87. The summed E-state index contributed by atoms with van der Waals surface area (Å²) < 4.78 is 34.0. The van der Waals surface area contributed by atoms with Gasteiger partial charge < -0.3 is 9.74 Å². The van der Waals surface area contributed by atoms with Gasteiger partial charge in [-0.05, 0) is 30.6 Å². The highest BCUT2D eigenvalue weighted by molar-refractivity contribution is 7.93. The van der Waals surface area contributed by atoms with Crippen LogP contribution >= 0.6 is 0 Å². The van der Waals surface area contributed by atoms with Crippen LogP contribution in [-0.4, -0.2) is 53.3 Å². The summed E-state index contributed by atoms with van der Waals surface area (Å²) >= 11 is 0. The molecule has 2 unspecified atom stereocenters. The smallest absolute Gasteiger partial charge is 0.242 e. The molecule has 0 saturated carbocycles. The molecule has 2 atom stereocenters. The van der Waals surface area contributed by atoms with Gasteiger partial charge in [0.1, 0.15) is 0 Å². The Morgan fingerprint density at radius 3 is 2.63 bits per heavy atom. The number of hydrogen-bond acceptors (Lipinski definition) is 4. The molecule has 0 bridgehead atoms. The lowest BCUT2D eigenvalue weighted by molar-refractivity contribution is 0.198. The van der Waals surface area contributed by atoms with E-state index in [0.717, 1.165) is 0 Å². The minimum Gasteiger partial charge on any atom is -0.415 e. The van der Waals surface area contributed by atoms with Crippen molar-refractivity contribution in [3.05, 3.63) is 35.8 Å². The quantitative estimate of drug-likeness (QED) is 0.534. The third-order valence-electron chi connectivity index (χ3n) is 6.15. The van der Waals surface area contributed by atoms with Crippen LogP contribution in [0.15, 0.2) is 35.8 Å². The van der Waals surface area contributed by atoms with E-state index in [4.69, 9.17) is 4.43 Å². The molecule has 1 aliphatic heterocycles. The third-order valence-corrected chi connectivity index (χ3v) is 12.6. The van der Waals surface area contributed by atoms with Crippen molar-refractivity contribution >= 4 is 18.3 Å². The lowest BCUT2D eigenvalue weighted by Gasteiger charge is -2.39. The van der Waals surface area contributed by atoms with Crippen molar-refractivity contribution in [2.24, 2.45) is 5.41 Å². The van der Waals surface area contributed by atoms with Gasteiger partial charge in [-0.15, -0.1) is 6.58 Å². The Morgan fingerprint density at radius 2 is 2.11 bits per heavy atom. The lowest BCUT2D eigenvalue weighted by Crippen LogP contribution is -2.56. The van der Waals surface area contributed by atoms with Crippen LogP contribution in [0.2, 0.25) is 18.1 Å². The van der Waals surface area contributed by atoms with Gasteiger partial charge in [0.25, 0.3) is 0 Å². The van der Waals surface area contributed by atoms with E-state index in [1.54, 1.807) is 10.4 Å². The van der Waals surface area contributed by atoms with E-state index in [1.165, 1.54) is 0 Å². The van der Waals surface area contributed by atoms with E-state index in [0.29, 0.717) is 37.6 Å². The first-order valence-electron chi connectivity index (χ1n) is 9.71. The highest BCUT2D eigenvalue weighted by atomic mass is 32.2.